The van der Waals surface area contributed by atoms with E-state index in [4.69, 9.17) is 4.99 Å². The summed E-state index contributed by atoms with van der Waals surface area (Å²) >= 11 is 0. The lowest BCUT2D eigenvalue weighted by Gasteiger charge is -2.35. The van der Waals surface area contributed by atoms with Crippen molar-refractivity contribution in [1.29, 1.82) is 0 Å². The molecule has 7 heteroatoms. The highest BCUT2D eigenvalue weighted by Gasteiger charge is 2.21. The smallest absolute Gasteiger partial charge is 0.269 e. The van der Waals surface area contributed by atoms with E-state index in [1.54, 1.807) is 12.1 Å². The highest BCUT2D eigenvalue weighted by atomic mass is 16.6. The Morgan fingerprint density at radius 1 is 1.10 bits per heavy atom. The van der Waals surface area contributed by atoms with Crippen molar-refractivity contribution >= 4 is 11.6 Å². The van der Waals surface area contributed by atoms with Gasteiger partial charge >= 0.3 is 0 Å². The van der Waals surface area contributed by atoms with E-state index in [0.717, 1.165) is 50.4 Å². The lowest BCUT2D eigenvalue weighted by atomic mass is 10.0. The van der Waals surface area contributed by atoms with Crippen LogP contribution in [0.4, 0.5) is 5.69 Å². The minimum atomic E-state index is -0.380. The summed E-state index contributed by atoms with van der Waals surface area (Å²) in [6, 6.07) is 18.0. The number of nitrogens with one attached hydrogen (secondary N) is 2. The van der Waals surface area contributed by atoms with E-state index < -0.39 is 0 Å². The fourth-order valence-corrected chi connectivity index (χ4v) is 3.77. The monoisotopic (exact) mass is 423 g/mol. The molecule has 0 unspecified atom stereocenters. The van der Waals surface area contributed by atoms with Crippen molar-refractivity contribution in [3.63, 3.8) is 0 Å². The number of non-ortho nitro benzene ring substituents is 1. The van der Waals surface area contributed by atoms with Crippen LogP contribution in [0.15, 0.2) is 59.6 Å². The van der Waals surface area contributed by atoms with Crippen LogP contribution in [0.25, 0.3) is 0 Å². The first-order chi connectivity index (χ1) is 15.0. The number of benzene rings is 2. The predicted octanol–water partition coefficient (Wildman–Crippen LogP) is 3.75. The highest BCUT2D eigenvalue weighted by molar-refractivity contribution is 5.80. The van der Waals surface area contributed by atoms with Crippen molar-refractivity contribution in [2.24, 2.45) is 4.99 Å². The number of nitro benzene ring substituents is 1. The molecule has 2 aromatic carbocycles. The van der Waals surface area contributed by atoms with Crippen LogP contribution in [0, 0.1) is 10.1 Å². The number of hydrogen-bond donors (Lipinski definition) is 2. The Hall–Kier alpha value is -2.93. The van der Waals surface area contributed by atoms with E-state index in [9.17, 15) is 10.1 Å². The van der Waals surface area contributed by atoms with Gasteiger partial charge in [-0.2, -0.15) is 0 Å². The fraction of sp³-hybridized carbons (Fsp3) is 0.458. The fourth-order valence-electron chi connectivity index (χ4n) is 3.77. The Bertz CT molecular complexity index is 844. The molecule has 1 aliphatic rings. The molecular formula is C24H33N5O2. The Kier molecular flexibility index (Phi) is 8.41. The van der Waals surface area contributed by atoms with E-state index in [1.807, 2.05) is 6.07 Å². The van der Waals surface area contributed by atoms with Crippen LogP contribution in [0.2, 0.25) is 0 Å². The molecule has 31 heavy (non-hydrogen) atoms. The van der Waals surface area contributed by atoms with E-state index in [0.29, 0.717) is 18.6 Å². The number of hydrogen-bond acceptors (Lipinski definition) is 4. The molecule has 1 heterocycles. The maximum absolute atomic E-state index is 10.9. The summed E-state index contributed by atoms with van der Waals surface area (Å²) < 4.78 is 0. The third-order valence-corrected chi connectivity index (χ3v) is 5.72. The molecule has 2 N–H and O–H groups in total. The quantitative estimate of drug-likeness (QED) is 0.292. The van der Waals surface area contributed by atoms with Crippen molar-refractivity contribution in [2.45, 2.75) is 51.7 Å². The molecule has 0 saturated carbocycles. The van der Waals surface area contributed by atoms with Gasteiger partial charge in [-0.05, 0) is 44.2 Å². The lowest BCUT2D eigenvalue weighted by Crippen LogP contribution is -2.50. The van der Waals surface area contributed by atoms with Gasteiger partial charge in [-0.25, -0.2) is 4.99 Å². The number of nitro groups is 1. The largest absolute Gasteiger partial charge is 0.356 e. The van der Waals surface area contributed by atoms with Crippen molar-refractivity contribution in [2.75, 3.05) is 19.6 Å². The summed E-state index contributed by atoms with van der Waals surface area (Å²) in [5.41, 5.74) is 2.34. The minimum absolute atomic E-state index is 0.101. The molecule has 0 spiro atoms. The van der Waals surface area contributed by atoms with Crippen LogP contribution < -0.4 is 10.6 Å². The zero-order valence-electron chi connectivity index (χ0n) is 18.5. The van der Waals surface area contributed by atoms with Gasteiger partial charge in [-0.3, -0.25) is 10.1 Å². The molecule has 0 radical (unpaired) electrons. The van der Waals surface area contributed by atoms with Gasteiger partial charge < -0.3 is 15.5 Å². The average molecular weight is 424 g/mol. The van der Waals surface area contributed by atoms with Crippen molar-refractivity contribution in [1.82, 2.24) is 15.5 Å². The van der Waals surface area contributed by atoms with Gasteiger partial charge in [0.05, 0.1) is 11.5 Å². The normalized spacial score (nSPS) is 15.8. The molecular weight excluding hydrogens is 390 g/mol. The summed E-state index contributed by atoms with van der Waals surface area (Å²) in [6.07, 6.45) is 3.11. The van der Waals surface area contributed by atoms with Gasteiger partial charge in [-0.1, -0.05) is 42.5 Å². The topological polar surface area (TPSA) is 82.8 Å². The number of nitrogens with zero attached hydrogens (tertiary/aromatic N) is 3. The van der Waals surface area contributed by atoms with Gasteiger partial charge in [0.25, 0.3) is 5.69 Å². The Morgan fingerprint density at radius 3 is 2.39 bits per heavy atom. The van der Waals surface area contributed by atoms with Crippen LogP contribution in [0.3, 0.4) is 0 Å². The van der Waals surface area contributed by atoms with Gasteiger partial charge in [0.2, 0.25) is 0 Å². The van der Waals surface area contributed by atoms with Crippen molar-refractivity contribution in [3.05, 3.63) is 75.8 Å². The summed E-state index contributed by atoms with van der Waals surface area (Å²) in [7, 11) is 0. The van der Waals surface area contributed by atoms with Crippen molar-refractivity contribution in [3.8, 4) is 0 Å². The first kappa shape index (κ1) is 22.7. The van der Waals surface area contributed by atoms with Gasteiger partial charge in [-0.15, -0.1) is 0 Å². The predicted molar refractivity (Wildman–Crippen MR) is 125 cm³/mol. The SMILES string of the molecule is CC(C)N1CCC(NC(=NCc2ccc([N+](=O)[O-])cc2)NCCc2ccccc2)CC1. The first-order valence-corrected chi connectivity index (χ1v) is 11.1. The number of aliphatic imine (C=N–C) groups is 1. The molecule has 3 rings (SSSR count). The second-order valence-electron chi connectivity index (χ2n) is 8.30. The third kappa shape index (κ3) is 7.36. The first-order valence-electron chi connectivity index (χ1n) is 11.1. The zero-order valence-corrected chi connectivity index (χ0v) is 18.5. The van der Waals surface area contributed by atoms with Gasteiger partial charge in [0.1, 0.15) is 0 Å². The van der Waals surface area contributed by atoms with Gasteiger partial charge in [0.15, 0.2) is 5.96 Å². The van der Waals surface area contributed by atoms with Crippen LogP contribution in [0.1, 0.15) is 37.8 Å². The van der Waals surface area contributed by atoms with Crippen molar-refractivity contribution < 1.29 is 4.92 Å². The summed E-state index contributed by atoms with van der Waals surface area (Å²) in [5, 5.41) is 17.9. The Morgan fingerprint density at radius 2 is 1.77 bits per heavy atom. The van der Waals surface area contributed by atoms with E-state index in [2.05, 4.69) is 53.6 Å². The Balaban J connectivity index is 1.60. The summed E-state index contributed by atoms with van der Waals surface area (Å²) in [5.74, 6) is 0.803. The Labute approximate surface area is 184 Å². The molecule has 1 fully saturated rings. The average Bonchev–Trinajstić information content (AvgIpc) is 2.78. The number of likely N-dealkylation sites (tertiary alicyclic amines) is 1. The van der Waals surface area contributed by atoms with E-state index in [-0.39, 0.29) is 10.6 Å². The maximum Gasteiger partial charge on any atom is 0.269 e. The number of piperidine rings is 1. The lowest BCUT2D eigenvalue weighted by molar-refractivity contribution is -0.384. The molecule has 7 nitrogen and oxygen atoms in total. The van der Waals surface area contributed by atoms with Crippen LogP contribution in [-0.4, -0.2) is 47.5 Å². The second-order valence-corrected chi connectivity index (χ2v) is 8.30. The van der Waals surface area contributed by atoms with Crippen LogP contribution >= 0.6 is 0 Å². The zero-order chi connectivity index (χ0) is 22.1. The van der Waals surface area contributed by atoms with Gasteiger partial charge in [0, 0.05) is 43.9 Å². The number of rotatable bonds is 8. The minimum Gasteiger partial charge on any atom is -0.356 e. The molecule has 0 amide bonds. The molecule has 0 bridgehead atoms. The molecule has 1 saturated heterocycles. The van der Waals surface area contributed by atoms with Crippen LogP contribution in [0.5, 0.6) is 0 Å². The highest BCUT2D eigenvalue weighted by Crippen LogP contribution is 2.14. The maximum atomic E-state index is 10.9. The summed E-state index contributed by atoms with van der Waals surface area (Å²) in [4.78, 5) is 17.7. The van der Waals surface area contributed by atoms with E-state index in [1.165, 1.54) is 17.7 Å². The molecule has 0 atom stereocenters. The second kappa shape index (κ2) is 11.5. The summed E-state index contributed by atoms with van der Waals surface area (Å²) in [6.45, 7) is 7.94. The third-order valence-electron chi connectivity index (χ3n) is 5.72. The molecule has 166 valence electrons. The van der Waals surface area contributed by atoms with E-state index >= 15 is 0 Å². The molecule has 0 aromatic heterocycles. The standard InChI is InChI=1S/C24H33N5O2/c1-19(2)28-16-13-22(14-17-28)27-24(25-15-12-20-6-4-3-5-7-20)26-18-21-8-10-23(11-9-21)29(30)31/h3-11,19,22H,12-18H2,1-2H3,(H2,25,26,27). The van der Waals surface area contributed by atoms with Crippen LogP contribution in [-0.2, 0) is 13.0 Å². The number of guanidine groups is 1. The molecule has 1 aliphatic heterocycles. The molecule has 0 aliphatic carbocycles. The molecule has 2 aromatic rings.